The Morgan fingerprint density at radius 2 is 1.91 bits per heavy atom. The van der Waals surface area contributed by atoms with Gasteiger partial charge in [0.25, 0.3) is 5.91 Å². The van der Waals surface area contributed by atoms with E-state index in [9.17, 15) is 18.0 Å². The highest BCUT2D eigenvalue weighted by Crippen LogP contribution is 2.28. The second kappa shape index (κ2) is 9.95. The van der Waals surface area contributed by atoms with E-state index in [-0.39, 0.29) is 23.9 Å². The minimum Gasteiger partial charge on any atom is -0.452 e. The van der Waals surface area contributed by atoms with Crippen LogP contribution in [-0.4, -0.2) is 55.3 Å². The van der Waals surface area contributed by atoms with Crippen molar-refractivity contribution in [1.29, 1.82) is 0 Å². The van der Waals surface area contributed by atoms with E-state index in [1.807, 2.05) is 32.9 Å². The maximum absolute atomic E-state index is 13.3. The first kappa shape index (κ1) is 24.1. The fourth-order valence-electron chi connectivity index (χ4n) is 3.69. The molecule has 2 heterocycles. The van der Waals surface area contributed by atoms with Crippen molar-refractivity contribution in [3.8, 4) is 0 Å². The number of carbonyl (C=O) groups excluding carboxylic acids is 2. The molecule has 1 aromatic carbocycles. The van der Waals surface area contributed by atoms with Gasteiger partial charge in [-0.05, 0) is 50.3 Å². The van der Waals surface area contributed by atoms with Gasteiger partial charge in [-0.15, -0.1) is 0 Å². The Morgan fingerprint density at radius 1 is 1.22 bits per heavy atom. The third kappa shape index (κ3) is 5.45. The minimum absolute atomic E-state index is 0.173. The largest absolute Gasteiger partial charge is 0.452 e. The lowest BCUT2D eigenvalue weighted by molar-refractivity contribution is -0.159. The Hall–Kier alpha value is -2.52. The lowest BCUT2D eigenvalue weighted by atomic mass is 9.98. The number of fused-ring (bicyclic) bond motifs is 1. The van der Waals surface area contributed by atoms with E-state index in [0.717, 1.165) is 10.9 Å². The van der Waals surface area contributed by atoms with E-state index < -0.39 is 28.0 Å². The van der Waals surface area contributed by atoms with Crippen LogP contribution in [0.4, 0.5) is 0 Å². The fraction of sp³-hybridized carbons (Fsp3) is 0.522. The highest BCUT2D eigenvalue weighted by Gasteiger charge is 2.34. The van der Waals surface area contributed by atoms with E-state index in [1.165, 1.54) is 4.31 Å². The van der Waals surface area contributed by atoms with Crippen LogP contribution in [-0.2, 0) is 24.3 Å². The van der Waals surface area contributed by atoms with Crippen molar-refractivity contribution in [2.45, 2.75) is 51.5 Å². The molecule has 1 aliphatic rings. The number of esters is 1. The number of ether oxygens (including phenoxy) is 1. The summed E-state index contributed by atoms with van der Waals surface area (Å²) in [5, 5.41) is 3.52. The van der Waals surface area contributed by atoms with Crippen molar-refractivity contribution in [2.24, 2.45) is 11.8 Å². The summed E-state index contributed by atoms with van der Waals surface area (Å²) in [4.78, 5) is 29.1. The van der Waals surface area contributed by atoms with E-state index in [0.29, 0.717) is 30.8 Å². The summed E-state index contributed by atoms with van der Waals surface area (Å²) >= 11 is 0. The van der Waals surface area contributed by atoms with Crippen molar-refractivity contribution in [2.75, 3.05) is 19.6 Å². The number of aromatic nitrogens is 1. The number of nitrogens with zero attached hydrogens (tertiary/aromatic N) is 2. The van der Waals surface area contributed by atoms with Gasteiger partial charge in [-0.25, -0.2) is 8.42 Å². The Balaban J connectivity index is 1.63. The topological polar surface area (TPSA) is 106 Å². The highest BCUT2D eigenvalue weighted by molar-refractivity contribution is 7.89. The Kier molecular flexibility index (Phi) is 7.51. The average molecular weight is 462 g/mol. The van der Waals surface area contributed by atoms with E-state index in [4.69, 9.17) is 4.74 Å². The highest BCUT2D eigenvalue weighted by atomic mass is 32.2. The summed E-state index contributed by atoms with van der Waals surface area (Å²) in [6.07, 6.45) is 1.46. The molecule has 2 aromatic rings. The van der Waals surface area contributed by atoms with Crippen LogP contribution in [0.3, 0.4) is 0 Å². The van der Waals surface area contributed by atoms with E-state index in [2.05, 4.69) is 10.3 Å². The van der Waals surface area contributed by atoms with Gasteiger partial charge in [0, 0.05) is 31.2 Å². The molecule has 0 bridgehead atoms. The Bertz CT molecular complexity index is 1090. The number of hydrogen-bond acceptors (Lipinski definition) is 6. The van der Waals surface area contributed by atoms with Crippen molar-refractivity contribution in [3.05, 3.63) is 36.0 Å². The molecule has 1 aliphatic heterocycles. The SMILES string of the molecule is Cc1cnc2c(S(=O)(=O)N3CCC(C(=O)O[C@@H](C)C(=O)NCC(C)C)CC3)cccc2c1. The zero-order chi connectivity index (χ0) is 23.5. The quantitative estimate of drug-likeness (QED) is 0.636. The van der Waals surface area contributed by atoms with Crippen molar-refractivity contribution >= 4 is 32.8 Å². The molecule has 3 rings (SSSR count). The van der Waals surface area contributed by atoms with Gasteiger partial charge in [0.15, 0.2) is 6.10 Å². The number of benzene rings is 1. The molecule has 0 unspecified atom stereocenters. The van der Waals surface area contributed by atoms with Gasteiger partial charge in [-0.3, -0.25) is 14.6 Å². The summed E-state index contributed by atoms with van der Waals surface area (Å²) in [6, 6.07) is 7.03. The summed E-state index contributed by atoms with van der Waals surface area (Å²) in [7, 11) is -3.75. The molecule has 1 saturated heterocycles. The van der Waals surface area contributed by atoms with Crippen LogP contribution in [0.25, 0.3) is 10.9 Å². The first-order valence-electron chi connectivity index (χ1n) is 10.9. The van der Waals surface area contributed by atoms with Crippen LogP contribution in [0.2, 0.25) is 0 Å². The molecule has 8 nitrogen and oxygen atoms in total. The van der Waals surface area contributed by atoms with Crippen molar-refractivity contribution < 1.29 is 22.7 Å². The van der Waals surface area contributed by atoms with Gasteiger partial charge in [0.1, 0.15) is 4.90 Å². The molecule has 0 saturated carbocycles. The summed E-state index contributed by atoms with van der Waals surface area (Å²) in [6.45, 7) is 8.34. The monoisotopic (exact) mass is 461 g/mol. The van der Waals surface area contributed by atoms with Crippen LogP contribution in [0.5, 0.6) is 0 Å². The summed E-state index contributed by atoms with van der Waals surface area (Å²) in [5.41, 5.74) is 1.40. The van der Waals surface area contributed by atoms with Crippen LogP contribution in [0.15, 0.2) is 35.4 Å². The molecular formula is C23H31N3O5S. The number of hydrogen-bond donors (Lipinski definition) is 1. The predicted molar refractivity (Wildman–Crippen MR) is 121 cm³/mol. The average Bonchev–Trinajstić information content (AvgIpc) is 2.76. The number of sulfonamides is 1. The number of nitrogens with one attached hydrogen (secondary N) is 1. The molecule has 1 aromatic heterocycles. The van der Waals surface area contributed by atoms with Gasteiger partial charge in [0.05, 0.1) is 11.4 Å². The van der Waals surface area contributed by atoms with Crippen molar-refractivity contribution in [1.82, 2.24) is 14.6 Å². The van der Waals surface area contributed by atoms with Crippen LogP contribution >= 0.6 is 0 Å². The smallest absolute Gasteiger partial charge is 0.309 e. The number of aryl methyl sites for hydroxylation is 1. The van der Waals surface area contributed by atoms with Crippen LogP contribution < -0.4 is 5.32 Å². The summed E-state index contributed by atoms with van der Waals surface area (Å²) < 4.78 is 33.3. The standard InChI is InChI=1S/C23H31N3O5S/c1-15(2)13-25-22(27)17(4)31-23(28)18-8-10-26(11-9-18)32(29,30)20-7-5-6-19-12-16(3)14-24-21(19)20/h5-7,12,14-15,17-18H,8-11,13H2,1-4H3,(H,25,27)/t17-/m0/s1. The predicted octanol–water partition coefficient (Wildman–Crippen LogP) is 2.65. The van der Waals surface area contributed by atoms with E-state index >= 15 is 0 Å². The minimum atomic E-state index is -3.75. The number of pyridine rings is 1. The number of amides is 1. The third-order valence-corrected chi connectivity index (χ3v) is 7.49. The zero-order valence-electron chi connectivity index (χ0n) is 19.0. The maximum atomic E-state index is 13.3. The van der Waals surface area contributed by atoms with E-state index in [1.54, 1.807) is 25.3 Å². The lowest BCUT2D eigenvalue weighted by Gasteiger charge is -2.30. The molecule has 32 heavy (non-hydrogen) atoms. The lowest BCUT2D eigenvalue weighted by Crippen LogP contribution is -2.42. The first-order valence-corrected chi connectivity index (χ1v) is 12.4. The van der Waals surface area contributed by atoms with Gasteiger partial charge in [0.2, 0.25) is 10.0 Å². The number of para-hydroxylation sites is 1. The molecule has 174 valence electrons. The van der Waals surface area contributed by atoms with Crippen LogP contribution in [0.1, 0.15) is 39.2 Å². The molecule has 1 atom stereocenters. The summed E-state index contributed by atoms with van der Waals surface area (Å²) in [5.74, 6) is -0.925. The molecule has 1 amide bonds. The molecular weight excluding hydrogens is 430 g/mol. The number of rotatable bonds is 7. The molecule has 1 N–H and O–H groups in total. The Morgan fingerprint density at radius 3 is 2.56 bits per heavy atom. The van der Waals surface area contributed by atoms with Gasteiger partial charge >= 0.3 is 5.97 Å². The second-order valence-corrected chi connectivity index (χ2v) is 10.6. The van der Waals surface area contributed by atoms with Crippen molar-refractivity contribution in [3.63, 3.8) is 0 Å². The third-order valence-electron chi connectivity index (χ3n) is 5.56. The molecule has 0 radical (unpaired) electrons. The van der Waals surface area contributed by atoms with Crippen LogP contribution in [0, 0.1) is 18.8 Å². The molecule has 0 aliphatic carbocycles. The number of piperidine rings is 1. The zero-order valence-corrected chi connectivity index (χ0v) is 19.8. The normalized spacial score (nSPS) is 16.8. The first-order chi connectivity index (χ1) is 15.1. The van der Waals surface area contributed by atoms with Gasteiger partial charge < -0.3 is 10.1 Å². The number of carbonyl (C=O) groups is 2. The van der Waals surface area contributed by atoms with Gasteiger partial charge in [-0.1, -0.05) is 26.0 Å². The second-order valence-electron chi connectivity index (χ2n) is 8.74. The Labute approximate surface area is 189 Å². The molecule has 1 fully saturated rings. The fourth-order valence-corrected chi connectivity index (χ4v) is 5.33. The van der Waals surface area contributed by atoms with Gasteiger partial charge in [-0.2, -0.15) is 4.31 Å². The molecule has 0 spiro atoms. The maximum Gasteiger partial charge on any atom is 0.309 e. The molecule has 9 heteroatoms.